The number of urea groups is 1. The highest BCUT2D eigenvalue weighted by atomic mass is 16.2. The van der Waals surface area contributed by atoms with Gasteiger partial charge in [0, 0.05) is 17.8 Å². The standard InChI is InChI=1S/C18H18N4O3/c23-16-17(24)22(15-8-4-5-9-15)18(25)20(16)11-13-10-19-21(12-13)14-6-2-1-3-7-14/h1-3,6-7,10,12,15H,4-5,8-9,11H2. The number of carbonyl (C=O) groups excluding carboxylic acids is 3. The summed E-state index contributed by atoms with van der Waals surface area (Å²) in [7, 11) is 0. The largest absolute Gasteiger partial charge is 0.334 e. The summed E-state index contributed by atoms with van der Waals surface area (Å²) < 4.78 is 1.68. The van der Waals surface area contributed by atoms with Gasteiger partial charge in [0.05, 0.1) is 18.4 Å². The van der Waals surface area contributed by atoms with Crippen LogP contribution in [0.25, 0.3) is 5.69 Å². The third kappa shape index (κ3) is 2.71. The Balaban J connectivity index is 1.53. The van der Waals surface area contributed by atoms with Crippen LogP contribution in [0.3, 0.4) is 0 Å². The average molecular weight is 338 g/mol. The molecule has 0 unspecified atom stereocenters. The van der Waals surface area contributed by atoms with Crippen LogP contribution in [0, 0.1) is 0 Å². The first-order chi connectivity index (χ1) is 12.1. The Morgan fingerprint density at radius 3 is 2.44 bits per heavy atom. The Labute approximate surface area is 144 Å². The number of imide groups is 2. The molecule has 0 atom stereocenters. The van der Waals surface area contributed by atoms with Crippen LogP contribution in [0.4, 0.5) is 4.79 Å². The molecular weight excluding hydrogens is 320 g/mol. The molecule has 1 aromatic carbocycles. The molecule has 2 heterocycles. The molecule has 0 N–H and O–H groups in total. The second-order valence-electron chi connectivity index (χ2n) is 6.42. The molecule has 25 heavy (non-hydrogen) atoms. The highest BCUT2D eigenvalue weighted by molar-refractivity contribution is 6.44. The maximum atomic E-state index is 12.6. The molecule has 4 amide bonds. The van der Waals surface area contributed by atoms with Crippen molar-refractivity contribution in [3.8, 4) is 5.69 Å². The normalized spacial score (nSPS) is 18.6. The molecule has 1 saturated carbocycles. The van der Waals surface area contributed by atoms with Gasteiger partial charge in [-0.05, 0) is 25.0 Å². The van der Waals surface area contributed by atoms with Gasteiger partial charge >= 0.3 is 17.8 Å². The average Bonchev–Trinajstić information content (AvgIpc) is 3.35. The van der Waals surface area contributed by atoms with Crippen molar-refractivity contribution in [1.29, 1.82) is 0 Å². The molecule has 1 aromatic heterocycles. The number of aromatic nitrogens is 2. The van der Waals surface area contributed by atoms with Gasteiger partial charge in [-0.25, -0.2) is 9.48 Å². The Hall–Kier alpha value is -2.96. The molecule has 7 heteroatoms. The number of hydrogen-bond acceptors (Lipinski definition) is 4. The van der Waals surface area contributed by atoms with E-state index in [4.69, 9.17) is 0 Å². The van der Waals surface area contributed by atoms with Gasteiger partial charge in [-0.3, -0.25) is 19.4 Å². The van der Waals surface area contributed by atoms with E-state index in [1.54, 1.807) is 17.1 Å². The van der Waals surface area contributed by atoms with E-state index in [-0.39, 0.29) is 12.6 Å². The summed E-state index contributed by atoms with van der Waals surface area (Å²) in [6, 6.07) is 8.90. The molecule has 1 aliphatic heterocycles. The van der Waals surface area contributed by atoms with E-state index in [9.17, 15) is 14.4 Å². The van der Waals surface area contributed by atoms with Crippen molar-refractivity contribution in [1.82, 2.24) is 19.6 Å². The van der Waals surface area contributed by atoms with Gasteiger partial charge < -0.3 is 0 Å². The van der Waals surface area contributed by atoms with E-state index >= 15 is 0 Å². The first-order valence-corrected chi connectivity index (χ1v) is 8.43. The molecule has 1 aliphatic carbocycles. The SMILES string of the molecule is O=C1C(=O)N(C2CCCC2)C(=O)N1Cc1cnn(-c2ccccc2)c1. The highest BCUT2D eigenvalue weighted by Crippen LogP contribution is 2.28. The summed E-state index contributed by atoms with van der Waals surface area (Å²) in [4.78, 5) is 39.2. The van der Waals surface area contributed by atoms with Crippen LogP contribution >= 0.6 is 0 Å². The lowest BCUT2D eigenvalue weighted by Gasteiger charge is -2.20. The van der Waals surface area contributed by atoms with Crippen LogP contribution in [0.2, 0.25) is 0 Å². The van der Waals surface area contributed by atoms with Gasteiger partial charge in [0.15, 0.2) is 0 Å². The van der Waals surface area contributed by atoms with Gasteiger partial charge in [-0.15, -0.1) is 0 Å². The molecule has 2 fully saturated rings. The fraction of sp³-hybridized carbons (Fsp3) is 0.333. The zero-order valence-electron chi connectivity index (χ0n) is 13.7. The molecule has 0 radical (unpaired) electrons. The topological polar surface area (TPSA) is 75.5 Å². The van der Waals surface area contributed by atoms with Crippen LogP contribution < -0.4 is 0 Å². The molecule has 4 rings (SSSR count). The number of nitrogens with zero attached hydrogens (tertiary/aromatic N) is 4. The van der Waals surface area contributed by atoms with Gasteiger partial charge in [-0.2, -0.15) is 5.10 Å². The maximum absolute atomic E-state index is 12.6. The minimum atomic E-state index is -0.746. The van der Waals surface area contributed by atoms with Crippen molar-refractivity contribution < 1.29 is 14.4 Å². The molecule has 128 valence electrons. The van der Waals surface area contributed by atoms with Gasteiger partial charge in [0.2, 0.25) is 0 Å². The number of carbonyl (C=O) groups is 3. The fourth-order valence-electron chi connectivity index (χ4n) is 3.49. The van der Waals surface area contributed by atoms with Crippen molar-refractivity contribution >= 4 is 17.8 Å². The fourth-order valence-corrected chi connectivity index (χ4v) is 3.49. The summed E-state index contributed by atoms with van der Waals surface area (Å²) in [5.74, 6) is -1.45. The zero-order valence-corrected chi connectivity index (χ0v) is 13.7. The molecule has 0 bridgehead atoms. The van der Waals surface area contributed by atoms with Gasteiger partial charge in [-0.1, -0.05) is 31.0 Å². The van der Waals surface area contributed by atoms with Crippen molar-refractivity contribution in [3.63, 3.8) is 0 Å². The minimum absolute atomic E-state index is 0.0550. The van der Waals surface area contributed by atoms with Crippen LogP contribution in [-0.4, -0.2) is 43.5 Å². The summed E-state index contributed by atoms with van der Waals surface area (Å²) in [5, 5.41) is 4.26. The smallest absolute Gasteiger partial charge is 0.263 e. The molecule has 2 aliphatic rings. The maximum Gasteiger partial charge on any atom is 0.334 e. The summed E-state index contributed by atoms with van der Waals surface area (Å²) in [5.41, 5.74) is 1.59. The lowest BCUT2D eigenvalue weighted by atomic mass is 10.2. The van der Waals surface area contributed by atoms with Crippen molar-refractivity contribution in [2.45, 2.75) is 38.3 Å². The Morgan fingerprint density at radius 2 is 1.72 bits per heavy atom. The predicted octanol–water partition coefficient (Wildman–Crippen LogP) is 2.11. The summed E-state index contributed by atoms with van der Waals surface area (Å²) in [6.45, 7) is 0.0550. The lowest BCUT2D eigenvalue weighted by Crippen LogP contribution is -2.39. The monoisotopic (exact) mass is 338 g/mol. The first-order valence-electron chi connectivity index (χ1n) is 8.43. The Morgan fingerprint density at radius 1 is 1.00 bits per heavy atom. The van der Waals surface area contributed by atoms with Crippen molar-refractivity contribution in [2.75, 3.05) is 0 Å². The second kappa shape index (κ2) is 6.16. The van der Waals surface area contributed by atoms with Crippen LogP contribution in [0.1, 0.15) is 31.2 Å². The second-order valence-corrected chi connectivity index (χ2v) is 6.42. The number of benzene rings is 1. The Bertz CT molecular complexity index is 824. The third-order valence-electron chi connectivity index (χ3n) is 4.77. The number of amides is 4. The van der Waals surface area contributed by atoms with Crippen molar-refractivity contribution in [2.24, 2.45) is 0 Å². The first kappa shape index (κ1) is 15.6. The van der Waals surface area contributed by atoms with E-state index in [1.807, 2.05) is 30.3 Å². The van der Waals surface area contributed by atoms with Crippen molar-refractivity contribution in [3.05, 3.63) is 48.3 Å². The van der Waals surface area contributed by atoms with E-state index in [2.05, 4.69) is 5.10 Å². The van der Waals surface area contributed by atoms with Gasteiger partial charge in [0.1, 0.15) is 0 Å². The van der Waals surface area contributed by atoms with E-state index in [1.165, 1.54) is 0 Å². The van der Waals surface area contributed by atoms with Gasteiger partial charge in [0.25, 0.3) is 0 Å². The van der Waals surface area contributed by atoms with Crippen LogP contribution in [-0.2, 0) is 16.1 Å². The highest BCUT2D eigenvalue weighted by Gasteiger charge is 2.48. The predicted molar refractivity (Wildman–Crippen MR) is 88.6 cm³/mol. The van der Waals surface area contributed by atoms with E-state index in [0.717, 1.165) is 41.2 Å². The van der Waals surface area contributed by atoms with Crippen LogP contribution in [0.15, 0.2) is 42.7 Å². The Kier molecular flexibility index (Phi) is 3.83. The minimum Gasteiger partial charge on any atom is -0.263 e. The summed E-state index contributed by atoms with van der Waals surface area (Å²) in [6.07, 6.45) is 6.91. The number of para-hydroxylation sites is 1. The molecule has 2 aromatic rings. The molecule has 1 saturated heterocycles. The third-order valence-corrected chi connectivity index (χ3v) is 4.77. The molecule has 7 nitrogen and oxygen atoms in total. The lowest BCUT2D eigenvalue weighted by molar-refractivity contribution is -0.144. The number of rotatable bonds is 4. The van der Waals surface area contributed by atoms with E-state index in [0.29, 0.717) is 5.56 Å². The molecular formula is C18H18N4O3. The zero-order chi connectivity index (χ0) is 17.4. The van der Waals surface area contributed by atoms with Crippen LogP contribution in [0.5, 0.6) is 0 Å². The quantitative estimate of drug-likeness (QED) is 0.632. The number of hydrogen-bond donors (Lipinski definition) is 0. The molecule has 0 spiro atoms. The summed E-state index contributed by atoms with van der Waals surface area (Å²) >= 11 is 0. The van der Waals surface area contributed by atoms with E-state index < -0.39 is 17.8 Å².